The molecule has 3 aromatic heterocycles. The van der Waals surface area contributed by atoms with Gasteiger partial charge in [0.1, 0.15) is 0 Å². The molecule has 1 aromatic carbocycles. The fourth-order valence-corrected chi connectivity index (χ4v) is 2.56. The molecule has 5 nitrogen and oxygen atoms in total. The highest BCUT2D eigenvalue weighted by molar-refractivity contribution is 5.88. The molecule has 3 heterocycles. The second kappa shape index (κ2) is 4.21. The van der Waals surface area contributed by atoms with Gasteiger partial charge in [-0.05, 0) is 29.7 Å². The van der Waals surface area contributed by atoms with E-state index < -0.39 is 0 Å². The maximum atomic E-state index is 12.2. The normalized spacial score (nSPS) is 11.2. The van der Waals surface area contributed by atoms with Gasteiger partial charge in [-0.3, -0.25) is 9.59 Å². The molecule has 102 valence electrons. The molecule has 0 aliphatic carbocycles. The number of aromatic amines is 3. The van der Waals surface area contributed by atoms with Crippen LogP contribution in [0.4, 0.5) is 0 Å². The van der Waals surface area contributed by atoms with E-state index in [0.29, 0.717) is 22.2 Å². The van der Waals surface area contributed by atoms with Crippen LogP contribution in [0.25, 0.3) is 33.1 Å². The molecule has 5 heteroatoms. The van der Waals surface area contributed by atoms with Crippen LogP contribution in [0.15, 0.2) is 58.3 Å². The van der Waals surface area contributed by atoms with E-state index >= 15 is 0 Å². The van der Waals surface area contributed by atoms with Crippen LogP contribution in [0.2, 0.25) is 0 Å². The number of aromatic nitrogens is 3. The summed E-state index contributed by atoms with van der Waals surface area (Å²) in [5.74, 6) is 0. The van der Waals surface area contributed by atoms with Gasteiger partial charge in [-0.2, -0.15) is 0 Å². The topological polar surface area (TPSA) is 81.5 Å². The molecule has 0 atom stereocenters. The molecule has 0 radical (unpaired) electrons. The molecule has 3 N–H and O–H groups in total. The third kappa shape index (κ3) is 1.79. The number of benzene rings is 1. The van der Waals surface area contributed by atoms with Gasteiger partial charge < -0.3 is 15.0 Å². The minimum atomic E-state index is -0.184. The van der Waals surface area contributed by atoms with Gasteiger partial charge in [-0.1, -0.05) is 18.2 Å². The summed E-state index contributed by atoms with van der Waals surface area (Å²) in [6, 6.07) is 12.9. The molecule has 0 saturated heterocycles. The van der Waals surface area contributed by atoms with Crippen LogP contribution >= 0.6 is 0 Å². The highest BCUT2D eigenvalue weighted by Crippen LogP contribution is 2.21. The molecule has 0 saturated carbocycles. The Hall–Kier alpha value is -3.08. The van der Waals surface area contributed by atoms with Crippen LogP contribution in [-0.2, 0) is 0 Å². The number of hydrogen-bond donors (Lipinski definition) is 3. The number of para-hydroxylation sites is 1. The zero-order valence-corrected chi connectivity index (χ0v) is 10.9. The van der Waals surface area contributed by atoms with E-state index in [-0.39, 0.29) is 11.1 Å². The molecule has 4 rings (SSSR count). The van der Waals surface area contributed by atoms with Crippen LogP contribution in [0.1, 0.15) is 0 Å². The van der Waals surface area contributed by atoms with E-state index in [0.717, 1.165) is 10.9 Å². The minimum Gasteiger partial charge on any atom is -0.354 e. The van der Waals surface area contributed by atoms with Crippen LogP contribution in [0.3, 0.4) is 0 Å². The number of H-pyrrole nitrogens is 3. The lowest BCUT2D eigenvalue weighted by Gasteiger charge is -2.01. The van der Waals surface area contributed by atoms with E-state index in [1.165, 1.54) is 0 Å². The lowest BCUT2D eigenvalue weighted by atomic mass is 10.1. The Balaban J connectivity index is 2.04. The number of nitrogens with one attached hydrogen (secondary N) is 3. The molecule has 0 aliphatic rings. The lowest BCUT2D eigenvalue weighted by molar-refractivity contribution is 1.27. The largest absolute Gasteiger partial charge is 0.354 e. The predicted molar refractivity (Wildman–Crippen MR) is 82.5 cm³/mol. The average molecular weight is 277 g/mol. The first kappa shape index (κ1) is 11.7. The van der Waals surface area contributed by atoms with Crippen molar-refractivity contribution in [1.29, 1.82) is 0 Å². The Morgan fingerprint density at radius 2 is 1.67 bits per heavy atom. The van der Waals surface area contributed by atoms with Crippen molar-refractivity contribution in [3.63, 3.8) is 0 Å². The minimum absolute atomic E-state index is 0.174. The van der Waals surface area contributed by atoms with Gasteiger partial charge in [0.25, 0.3) is 11.1 Å². The summed E-state index contributed by atoms with van der Waals surface area (Å²) in [4.78, 5) is 32.6. The van der Waals surface area contributed by atoms with E-state index in [1.54, 1.807) is 18.3 Å². The van der Waals surface area contributed by atoms with Crippen molar-refractivity contribution in [3.05, 3.63) is 69.4 Å². The molecule has 21 heavy (non-hydrogen) atoms. The Bertz CT molecular complexity index is 1090. The van der Waals surface area contributed by atoms with Crippen LogP contribution in [0, 0.1) is 0 Å². The van der Waals surface area contributed by atoms with Gasteiger partial charge >= 0.3 is 0 Å². The summed E-state index contributed by atoms with van der Waals surface area (Å²) in [6.45, 7) is 0. The van der Waals surface area contributed by atoms with Crippen molar-refractivity contribution in [2.45, 2.75) is 0 Å². The molecular formula is C16H11N3O2. The van der Waals surface area contributed by atoms with Crippen molar-refractivity contribution in [3.8, 4) is 11.3 Å². The molecule has 0 amide bonds. The standard InChI is InChI=1S/C16H11N3O2/c20-15-11-8-14(18-13(11)5-6-17-15)10-7-9-3-1-2-4-12(9)19-16(10)21/h1-8,18H,(H,17,20)(H,19,21). The summed E-state index contributed by atoms with van der Waals surface area (Å²) >= 11 is 0. The predicted octanol–water partition coefficient (Wildman–Crippen LogP) is 2.36. The van der Waals surface area contributed by atoms with Crippen LogP contribution < -0.4 is 11.1 Å². The van der Waals surface area contributed by atoms with Crippen molar-refractivity contribution in [1.82, 2.24) is 15.0 Å². The van der Waals surface area contributed by atoms with Crippen molar-refractivity contribution in [2.75, 3.05) is 0 Å². The first-order valence-electron chi connectivity index (χ1n) is 6.55. The van der Waals surface area contributed by atoms with Crippen molar-refractivity contribution in [2.24, 2.45) is 0 Å². The van der Waals surface area contributed by atoms with Crippen molar-refractivity contribution < 1.29 is 0 Å². The van der Waals surface area contributed by atoms with E-state index in [9.17, 15) is 9.59 Å². The summed E-state index contributed by atoms with van der Waals surface area (Å²) < 4.78 is 0. The summed E-state index contributed by atoms with van der Waals surface area (Å²) in [5, 5.41) is 1.49. The summed E-state index contributed by atoms with van der Waals surface area (Å²) in [5.41, 5.74) is 2.29. The highest BCUT2D eigenvalue weighted by Gasteiger charge is 2.10. The third-order valence-electron chi connectivity index (χ3n) is 3.60. The van der Waals surface area contributed by atoms with E-state index in [1.807, 2.05) is 30.3 Å². The second-order valence-corrected chi connectivity index (χ2v) is 4.92. The first-order valence-corrected chi connectivity index (χ1v) is 6.55. The zero-order valence-electron chi connectivity index (χ0n) is 10.9. The maximum absolute atomic E-state index is 12.2. The van der Waals surface area contributed by atoms with Gasteiger partial charge in [0.15, 0.2) is 0 Å². The molecule has 4 aromatic rings. The molecule has 0 spiro atoms. The maximum Gasteiger partial charge on any atom is 0.257 e. The number of pyridine rings is 2. The summed E-state index contributed by atoms with van der Waals surface area (Å²) in [6.07, 6.45) is 1.58. The number of hydrogen-bond acceptors (Lipinski definition) is 2. The molecule has 0 aliphatic heterocycles. The van der Waals surface area contributed by atoms with Gasteiger partial charge in [0.05, 0.1) is 22.2 Å². The van der Waals surface area contributed by atoms with Crippen LogP contribution in [-0.4, -0.2) is 15.0 Å². The van der Waals surface area contributed by atoms with Gasteiger partial charge in [0.2, 0.25) is 0 Å². The van der Waals surface area contributed by atoms with E-state index in [2.05, 4.69) is 15.0 Å². The number of rotatable bonds is 1. The zero-order chi connectivity index (χ0) is 14.4. The quantitative estimate of drug-likeness (QED) is 0.499. The fourth-order valence-electron chi connectivity index (χ4n) is 2.56. The first-order chi connectivity index (χ1) is 10.2. The molecule has 0 unspecified atom stereocenters. The smallest absolute Gasteiger partial charge is 0.257 e. The van der Waals surface area contributed by atoms with Crippen LogP contribution in [0.5, 0.6) is 0 Å². The Morgan fingerprint density at radius 1 is 0.810 bits per heavy atom. The van der Waals surface area contributed by atoms with Crippen molar-refractivity contribution >= 4 is 21.8 Å². The Labute approximate surface area is 118 Å². The van der Waals surface area contributed by atoms with Gasteiger partial charge in [-0.25, -0.2) is 0 Å². The Morgan fingerprint density at radius 3 is 2.52 bits per heavy atom. The monoisotopic (exact) mass is 277 g/mol. The van der Waals surface area contributed by atoms with Gasteiger partial charge in [0, 0.05) is 11.7 Å². The van der Waals surface area contributed by atoms with Gasteiger partial charge in [-0.15, -0.1) is 0 Å². The molecule has 0 fully saturated rings. The molecular weight excluding hydrogens is 266 g/mol. The average Bonchev–Trinajstić information content (AvgIpc) is 2.92. The SMILES string of the molecule is O=c1[nH]c2ccccc2cc1-c1cc2c(=O)[nH]ccc2[nH]1. The summed E-state index contributed by atoms with van der Waals surface area (Å²) in [7, 11) is 0. The Kier molecular flexibility index (Phi) is 2.35. The molecule has 0 bridgehead atoms. The van der Waals surface area contributed by atoms with E-state index in [4.69, 9.17) is 0 Å². The fraction of sp³-hybridized carbons (Fsp3) is 0. The number of fused-ring (bicyclic) bond motifs is 2. The highest BCUT2D eigenvalue weighted by atomic mass is 16.1. The second-order valence-electron chi connectivity index (χ2n) is 4.92. The lowest BCUT2D eigenvalue weighted by Crippen LogP contribution is -2.08. The third-order valence-corrected chi connectivity index (χ3v) is 3.60.